The zero-order valence-electron chi connectivity index (χ0n) is 14.9. The molecule has 0 aromatic heterocycles. The monoisotopic (exact) mass is 366 g/mol. The highest BCUT2D eigenvalue weighted by Gasteiger charge is 2.66. The molecular weight excluding hydrogens is 344 g/mol. The molecule has 1 saturated carbocycles. The first-order valence-corrected chi connectivity index (χ1v) is 9.43. The number of benzene rings is 1. The minimum Gasteiger partial charge on any atom is -0.392 e. The number of amides is 1. The molecule has 1 spiro atoms. The molecule has 3 N–H and O–H groups in total. The lowest BCUT2D eigenvalue weighted by molar-refractivity contribution is -0.131. The Morgan fingerprint density at radius 1 is 1.30 bits per heavy atom. The lowest BCUT2D eigenvalue weighted by atomic mass is 9.57. The summed E-state index contributed by atoms with van der Waals surface area (Å²) in [5.74, 6) is -0.0839. The number of aliphatic hydroxyl groups excluding tert-OH is 1. The van der Waals surface area contributed by atoms with Crippen molar-refractivity contribution in [2.45, 2.75) is 36.3 Å². The van der Waals surface area contributed by atoms with E-state index in [1.54, 1.807) is 11.0 Å². The van der Waals surface area contributed by atoms with Gasteiger partial charge in [0.05, 0.1) is 18.1 Å². The molecule has 3 aliphatic heterocycles. The quantitative estimate of drug-likeness (QED) is 0.633. The van der Waals surface area contributed by atoms with E-state index in [0.717, 1.165) is 16.8 Å². The fraction of sp³-hybridized carbons (Fsp3) is 0.429. The van der Waals surface area contributed by atoms with Gasteiger partial charge in [-0.15, -0.1) is 0 Å². The van der Waals surface area contributed by atoms with Gasteiger partial charge in [0.25, 0.3) is 0 Å². The Bertz CT molecular complexity index is 921. The summed E-state index contributed by atoms with van der Waals surface area (Å²) >= 11 is 0. The third kappa shape index (κ3) is 1.95. The predicted octanol–water partition coefficient (Wildman–Crippen LogP) is 0.586. The molecule has 1 aromatic rings. The van der Waals surface area contributed by atoms with E-state index in [1.807, 2.05) is 30.3 Å². The second kappa shape index (κ2) is 5.61. The Balaban J connectivity index is 1.83. The molecule has 1 amide bonds. The number of aliphatic hydroxyl groups is 2. The molecule has 140 valence electrons. The summed E-state index contributed by atoms with van der Waals surface area (Å²) in [7, 11) is 0. The predicted molar refractivity (Wildman–Crippen MR) is 99.3 cm³/mol. The lowest BCUT2D eigenvalue weighted by Crippen LogP contribution is -2.63. The maximum atomic E-state index is 13.6. The highest BCUT2D eigenvalue weighted by atomic mass is 16.3. The number of hydrogen-bond donors (Lipinski definition) is 3. The topological polar surface area (TPSA) is 89.9 Å². The maximum Gasteiger partial charge on any atom is 0.231 e. The molecule has 2 bridgehead atoms. The zero-order chi connectivity index (χ0) is 18.8. The van der Waals surface area contributed by atoms with Gasteiger partial charge in [-0.25, -0.2) is 0 Å². The van der Waals surface area contributed by atoms with Gasteiger partial charge >= 0.3 is 0 Å². The Morgan fingerprint density at radius 3 is 2.93 bits per heavy atom. The van der Waals surface area contributed by atoms with Gasteiger partial charge in [0, 0.05) is 25.1 Å². The van der Waals surface area contributed by atoms with Crippen molar-refractivity contribution >= 4 is 17.4 Å². The number of nitrogens with zero attached hydrogens (tertiary/aromatic N) is 1. The van der Waals surface area contributed by atoms with Gasteiger partial charge in [-0.1, -0.05) is 30.4 Å². The summed E-state index contributed by atoms with van der Waals surface area (Å²) in [6.07, 6.45) is 4.14. The van der Waals surface area contributed by atoms with E-state index in [2.05, 4.69) is 5.32 Å². The molecule has 27 heavy (non-hydrogen) atoms. The molecule has 6 heteroatoms. The zero-order valence-corrected chi connectivity index (χ0v) is 14.9. The number of rotatable bonds is 1. The van der Waals surface area contributed by atoms with Crippen LogP contribution in [0.3, 0.4) is 0 Å². The molecule has 0 radical (unpaired) electrons. The van der Waals surface area contributed by atoms with Crippen LogP contribution in [0.5, 0.6) is 0 Å². The van der Waals surface area contributed by atoms with Crippen LogP contribution in [0.15, 0.2) is 47.6 Å². The van der Waals surface area contributed by atoms with Crippen LogP contribution in [0, 0.1) is 0 Å². The van der Waals surface area contributed by atoms with Gasteiger partial charge in [-0.2, -0.15) is 0 Å². The molecule has 1 saturated heterocycles. The van der Waals surface area contributed by atoms with Gasteiger partial charge in [-0.3, -0.25) is 9.59 Å². The first-order chi connectivity index (χ1) is 13.0. The Kier molecular flexibility index (Phi) is 3.50. The Hall–Kier alpha value is -2.28. The second-order valence-electron chi connectivity index (χ2n) is 7.82. The molecule has 1 aliphatic carbocycles. The van der Waals surface area contributed by atoms with Crippen molar-refractivity contribution in [3.05, 3.63) is 53.1 Å². The third-order valence-corrected chi connectivity index (χ3v) is 6.70. The van der Waals surface area contributed by atoms with Gasteiger partial charge in [0.2, 0.25) is 5.91 Å². The molecular formula is C21H22N2O4. The van der Waals surface area contributed by atoms with Gasteiger partial charge < -0.3 is 20.4 Å². The van der Waals surface area contributed by atoms with Crippen LogP contribution < -0.4 is 10.2 Å². The standard InChI is InChI=1S/C21H22N2O4/c24-10-7-13-12-22-9-8-20-14-3-1-2-4-16(14)23-18(26)6-5-15(19(20)23)21(13,27)11-17(20)25/h1-5,7,19,22,24,27H,6,8-12H2. The van der Waals surface area contributed by atoms with Crippen LogP contribution in [0.4, 0.5) is 5.69 Å². The summed E-state index contributed by atoms with van der Waals surface area (Å²) in [5, 5.41) is 24.5. The van der Waals surface area contributed by atoms with Crippen LogP contribution in [0.2, 0.25) is 0 Å². The first kappa shape index (κ1) is 16.9. The molecule has 3 heterocycles. The number of fused-ring (bicyclic) bond motifs is 5. The SMILES string of the molecule is O=C1CC=C2C3N1c1ccccc1C31CCNCC(=CCO)C2(O)CC1=O. The summed E-state index contributed by atoms with van der Waals surface area (Å²) < 4.78 is 0. The first-order valence-electron chi connectivity index (χ1n) is 9.43. The average Bonchev–Trinajstić information content (AvgIpc) is 2.99. The highest BCUT2D eigenvalue weighted by Crippen LogP contribution is 2.58. The van der Waals surface area contributed by atoms with Crippen LogP contribution in [-0.4, -0.2) is 53.2 Å². The number of nitrogens with one attached hydrogen (secondary N) is 1. The highest BCUT2D eigenvalue weighted by molar-refractivity contribution is 6.08. The number of Topliss-reactive ketones (excluding diaryl/α,β-unsaturated/α-hetero) is 1. The fourth-order valence-corrected chi connectivity index (χ4v) is 5.56. The summed E-state index contributed by atoms with van der Waals surface area (Å²) in [6, 6.07) is 7.14. The van der Waals surface area contributed by atoms with E-state index < -0.39 is 17.1 Å². The number of anilines is 1. The molecule has 2 fully saturated rings. The summed E-state index contributed by atoms with van der Waals surface area (Å²) in [6.45, 7) is 0.782. The Morgan fingerprint density at radius 2 is 2.11 bits per heavy atom. The molecule has 3 unspecified atom stereocenters. The Labute approximate surface area is 157 Å². The average molecular weight is 366 g/mol. The van der Waals surface area contributed by atoms with E-state index in [1.165, 1.54) is 0 Å². The maximum absolute atomic E-state index is 13.6. The molecule has 3 atom stereocenters. The number of para-hydroxylation sites is 1. The minimum atomic E-state index is -1.47. The molecule has 1 aromatic carbocycles. The fourth-order valence-electron chi connectivity index (χ4n) is 5.56. The van der Waals surface area contributed by atoms with Crippen molar-refractivity contribution < 1.29 is 19.8 Å². The smallest absolute Gasteiger partial charge is 0.231 e. The van der Waals surface area contributed by atoms with Crippen molar-refractivity contribution in [1.82, 2.24) is 5.32 Å². The van der Waals surface area contributed by atoms with Gasteiger partial charge in [0.1, 0.15) is 11.4 Å². The van der Waals surface area contributed by atoms with E-state index in [-0.39, 0.29) is 31.1 Å². The second-order valence-corrected chi connectivity index (χ2v) is 7.82. The van der Waals surface area contributed by atoms with Crippen LogP contribution in [0.1, 0.15) is 24.8 Å². The van der Waals surface area contributed by atoms with Crippen LogP contribution in [0.25, 0.3) is 0 Å². The van der Waals surface area contributed by atoms with Crippen molar-refractivity contribution in [3.8, 4) is 0 Å². The van der Waals surface area contributed by atoms with Crippen LogP contribution >= 0.6 is 0 Å². The van der Waals surface area contributed by atoms with E-state index in [9.17, 15) is 19.8 Å². The normalized spacial score (nSPS) is 36.1. The van der Waals surface area contributed by atoms with Crippen LogP contribution in [-0.2, 0) is 15.0 Å². The van der Waals surface area contributed by atoms with E-state index in [4.69, 9.17) is 0 Å². The number of carbonyl (C=O) groups excluding carboxylic acids is 2. The van der Waals surface area contributed by atoms with Gasteiger partial charge in [-0.05, 0) is 35.7 Å². The van der Waals surface area contributed by atoms with E-state index in [0.29, 0.717) is 25.1 Å². The number of hydrogen-bond acceptors (Lipinski definition) is 5. The van der Waals surface area contributed by atoms with Crippen molar-refractivity contribution in [2.75, 3.05) is 24.6 Å². The van der Waals surface area contributed by atoms with Gasteiger partial charge in [0.15, 0.2) is 0 Å². The molecule has 4 aliphatic rings. The van der Waals surface area contributed by atoms with Crippen molar-refractivity contribution in [3.63, 3.8) is 0 Å². The number of carbonyl (C=O) groups is 2. The lowest BCUT2D eigenvalue weighted by Gasteiger charge is -2.50. The largest absolute Gasteiger partial charge is 0.392 e. The molecule has 6 nitrogen and oxygen atoms in total. The van der Waals surface area contributed by atoms with Crippen molar-refractivity contribution in [2.24, 2.45) is 0 Å². The minimum absolute atomic E-state index is 0.0286. The summed E-state index contributed by atoms with van der Waals surface area (Å²) in [5.41, 5.74) is 0.703. The summed E-state index contributed by atoms with van der Waals surface area (Å²) in [4.78, 5) is 28.2. The van der Waals surface area contributed by atoms with Crippen molar-refractivity contribution in [1.29, 1.82) is 0 Å². The third-order valence-electron chi connectivity index (χ3n) is 6.70. The van der Waals surface area contributed by atoms with E-state index >= 15 is 0 Å². The number of ketones is 1. The molecule has 5 rings (SSSR count).